The Hall–Kier alpha value is -1.82. The number of hydrogen-bond donors (Lipinski definition) is 2. The quantitative estimate of drug-likeness (QED) is 0.635. The van der Waals surface area contributed by atoms with Crippen molar-refractivity contribution in [2.75, 3.05) is 5.32 Å². The van der Waals surface area contributed by atoms with E-state index in [4.69, 9.17) is 0 Å². The molecule has 0 aromatic heterocycles. The van der Waals surface area contributed by atoms with E-state index in [-0.39, 0.29) is 47.3 Å². The summed E-state index contributed by atoms with van der Waals surface area (Å²) in [5.74, 6) is -1.69. The number of benzene rings is 2. The molecule has 1 amide bonds. The third kappa shape index (κ3) is 4.90. The van der Waals surface area contributed by atoms with E-state index in [1.54, 1.807) is 36.4 Å². The van der Waals surface area contributed by atoms with Gasteiger partial charge in [0.05, 0.1) is 5.56 Å². The van der Waals surface area contributed by atoms with Crippen molar-refractivity contribution in [3.63, 3.8) is 0 Å². The number of phenolic OH excluding ortho intramolecular Hbond substituents is 1. The van der Waals surface area contributed by atoms with Crippen molar-refractivity contribution in [2.45, 2.75) is 6.42 Å². The predicted molar refractivity (Wildman–Crippen MR) is 71.2 cm³/mol. The van der Waals surface area contributed by atoms with Gasteiger partial charge in [-0.05, 0) is 29.8 Å². The molecule has 2 N–H and O–H groups in total. The SMILES string of the molecule is O=C([O-])Cc1ccc(NC(=O)c2ccccc2O)cc1.[Na+]. The van der Waals surface area contributed by atoms with Gasteiger partial charge in [-0.2, -0.15) is 0 Å². The molecular weight excluding hydrogens is 281 g/mol. The zero-order chi connectivity index (χ0) is 14.5. The van der Waals surface area contributed by atoms with Crippen LogP contribution in [0, 0.1) is 0 Å². The molecule has 0 unspecified atom stereocenters. The number of phenols is 1. The van der Waals surface area contributed by atoms with E-state index in [0.29, 0.717) is 11.3 Å². The van der Waals surface area contributed by atoms with Crippen molar-refractivity contribution in [1.82, 2.24) is 0 Å². The molecule has 0 heterocycles. The Kier molecular flexibility index (Phi) is 6.42. The first kappa shape index (κ1) is 17.2. The molecule has 0 aliphatic rings. The van der Waals surface area contributed by atoms with Gasteiger partial charge in [0.25, 0.3) is 5.91 Å². The maximum atomic E-state index is 11.9. The van der Waals surface area contributed by atoms with E-state index in [2.05, 4.69) is 5.32 Å². The number of para-hydroxylation sites is 1. The van der Waals surface area contributed by atoms with Gasteiger partial charge in [-0.15, -0.1) is 0 Å². The number of carbonyl (C=O) groups excluding carboxylic acids is 2. The molecule has 0 saturated heterocycles. The van der Waals surface area contributed by atoms with Crippen LogP contribution in [0.15, 0.2) is 48.5 Å². The molecule has 0 fully saturated rings. The van der Waals surface area contributed by atoms with Crippen molar-refractivity contribution >= 4 is 17.6 Å². The molecule has 0 saturated carbocycles. The molecule has 2 aromatic carbocycles. The summed E-state index contributed by atoms with van der Waals surface area (Å²) in [4.78, 5) is 22.4. The Bertz CT molecular complexity index is 640. The molecule has 0 bridgehead atoms. The number of carbonyl (C=O) groups is 2. The number of nitrogens with one attached hydrogen (secondary N) is 1. The molecule has 5 nitrogen and oxygen atoms in total. The Morgan fingerprint density at radius 3 is 2.24 bits per heavy atom. The summed E-state index contributed by atoms with van der Waals surface area (Å²) in [6.45, 7) is 0. The molecule has 102 valence electrons. The van der Waals surface area contributed by atoms with Gasteiger partial charge in [0.2, 0.25) is 0 Å². The summed E-state index contributed by atoms with van der Waals surface area (Å²) < 4.78 is 0. The molecule has 2 aromatic rings. The molecule has 0 spiro atoms. The number of hydrogen-bond acceptors (Lipinski definition) is 4. The smallest absolute Gasteiger partial charge is 0.550 e. The summed E-state index contributed by atoms with van der Waals surface area (Å²) >= 11 is 0. The molecule has 0 radical (unpaired) electrons. The maximum Gasteiger partial charge on any atom is 1.00 e. The van der Waals surface area contributed by atoms with Crippen LogP contribution in [0.3, 0.4) is 0 Å². The average Bonchev–Trinajstić information content (AvgIpc) is 2.41. The number of aromatic hydroxyl groups is 1. The largest absolute Gasteiger partial charge is 1.00 e. The first-order valence-corrected chi connectivity index (χ1v) is 5.94. The van der Waals surface area contributed by atoms with Gasteiger partial charge in [0.1, 0.15) is 5.75 Å². The Morgan fingerprint density at radius 1 is 1.05 bits per heavy atom. The Labute approximate surface area is 143 Å². The van der Waals surface area contributed by atoms with Crippen LogP contribution in [0.2, 0.25) is 0 Å². The van der Waals surface area contributed by atoms with Crippen LogP contribution < -0.4 is 40.0 Å². The fourth-order valence-electron chi connectivity index (χ4n) is 1.74. The van der Waals surface area contributed by atoms with Crippen LogP contribution >= 0.6 is 0 Å². The molecule has 0 aliphatic heterocycles. The molecular formula is C15H12NNaO4. The van der Waals surface area contributed by atoms with Gasteiger partial charge < -0.3 is 20.3 Å². The molecule has 0 aliphatic carbocycles. The van der Waals surface area contributed by atoms with E-state index in [9.17, 15) is 19.8 Å². The second-order valence-electron chi connectivity index (χ2n) is 4.22. The topological polar surface area (TPSA) is 89.5 Å². The summed E-state index contributed by atoms with van der Waals surface area (Å²) in [6.07, 6.45) is -0.173. The van der Waals surface area contributed by atoms with E-state index in [0.717, 1.165) is 0 Å². The van der Waals surface area contributed by atoms with Crippen LogP contribution in [-0.2, 0) is 11.2 Å². The number of aliphatic carboxylic acids is 1. The van der Waals surface area contributed by atoms with Crippen molar-refractivity contribution in [2.24, 2.45) is 0 Å². The minimum absolute atomic E-state index is 0. The zero-order valence-corrected chi connectivity index (χ0v) is 13.5. The summed E-state index contributed by atoms with van der Waals surface area (Å²) in [5.41, 5.74) is 1.28. The van der Waals surface area contributed by atoms with Gasteiger partial charge >= 0.3 is 29.6 Å². The predicted octanol–water partition coefficient (Wildman–Crippen LogP) is -2.06. The molecule has 21 heavy (non-hydrogen) atoms. The number of rotatable bonds is 4. The van der Waals surface area contributed by atoms with Crippen LogP contribution in [0.5, 0.6) is 5.75 Å². The number of carboxylic acid groups (broad SMARTS) is 1. The van der Waals surface area contributed by atoms with Gasteiger partial charge in [-0.3, -0.25) is 4.79 Å². The van der Waals surface area contributed by atoms with Crippen molar-refractivity contribution < 1.29 is 49.4 Å². The summed E-state index contributed by atoms with van der Waals surface area (Å²) in [7, 11) is 0. The summed E-state index contributed by atoms with van der Waals surface area (Å²) in [5, 5.41) is 22.6. The third-order valence-electron chi connectivity index (χ3n) is 2.71. The molecule has 2 rings (SSSR count). The normalized spacial score (nSPS) is 9.52. The van der Waals surface area contributed by atoms with Crippen LogP contribution in [0.25, 0.3) is 0 Å². The van der Waals surface area contributed by atoms with Crippen LogP contribution in [0.4, 0.5) is 5.69 Å². The van der Waals surface area contributed by atoms with Gasteiger partial charge in [-0.25, -0.2) is 0 Å². The van der Waals surface area contributed by atoms with Crippen molar-refractivity contribution in [1.29, 1.82) is 0 Å². The Morgan fingerprint density at radius 2 is 1.67 bits per heavy atom. The fraction of sp³-hybridized carbons (Fsp3) is 0.0667. The van der Waals surface area contributed by atoms with E-state index in [1.165, 1.54) is 12.1 Å². The first-order valence-electron chi connectivity index (χ1n) is 5.94. The third-order valence-corrected chi connectivity index (χ3v) is 2.71. The van der Waals surface area contributed by atoms with Crippen LogP contribution in [0.1, 0.15) is 15.9 Å². The maximum absolute atomic E-state index is 11.9. The Balaban J connectivity index is 0.00000220. The first-order chi connectivity index (χ1) is 9.56. The summed E-state index contributed by atoms with van der Waals surface area (Å²) in [6, 6.07) is 12.6. The monoisotopic (exact) mass is 293 g/mol. The minimum atomic E-state index is -1.16. The molecule has 6 heteroatoms. The molecule has 0 atom stereocenters. The van der Waals surface area contributed by atoms with E-state index < -0.39 is 11.9 Å². The van der Waals surface area contributed by atoms with Gasteiger partial charge in [-0.1, -0.05) is 24.3 Å². The number of anilines is 1. The van der Waals surface area contributed by atoms with Gasteiger partial charge in [0, 0.05) is 18.1 Å². The van der Waals surface area contributed by atoms with E-state index in [1.807, 2.05) is 0 Å². The van der Waals surface area contributed by atoms with Crippen LogP contribution in [-0.4, -0.2) is 17.0 Å². The van der Waals surface area contributed by atoms with Gasteiger partial charge in [0.15, 0.2) is 0 Å². The second kappa shape index (κ2) is 7.83. The standard InChI is InChI=1S/C15H13NO4.Na/c17-13-4-2-1-3-12(13)15(20)16-11-7-5-10(6-8-11)9-14(18)19;/h1-8,17H,9H2,(H,16,20)(H,18,19);/q;+1/p-1. The average molecular weight is 293 g/mol. The van der Waals surface area contributed by atoms with Crippen molar-refractivity contribution in [3.05, 3.63) is 59.7 Å². The number of carboxylic acids is 1. The van der Waals surface area contributed by atoms with E-state index >= 15 is 0 Å². The number of amides is 1. The zero-order valence-electron chi connectivity index (χ0n) is 11.5. The van der Waals surface area contributed by atoms with Crippen molar-refractivity contribution in [3.8, 4) is 5.75 Å². The minimum Gasteiger partial charge on any atom is -0.550 e. The fourth-order valence-corrected chi connectivity index (χ4v) is 1.74. The second-order valence-corrected chi connectivity index (χ2v) is 4.22.